The third-order valence-electron chi connectivity index (χ3n) is 6.84. The Morgan fingerprint density at radius 2 is 2.00 bits per heavy atom. The zero-order valence-corrected chi connectivity index (χ0v) is 15.7. The Morgan fingerprint density at radius 3 is 2.62 bits per heavy atom. The third-order valence-corrected chi connectivity index (χ3v) is 6.84. The molecule has 0 radical (unpaired) electrons. The molecular formula is C21H29FN2O2. The number of fused-ring (bicyclic) bond motifs is 3. The number of carboxylic acid groups (broad SMARTS) is 1. The summed E-state index contributed by atoms with van der Waals surface area (Å²) in [6.07, 6.45) is 6.72. The first-order valence-electron chi connectivity index (χ1n) is 10.0. The van der Waals surface area contributed by atoms with Crippen molar-refractivity contribution in [1.82, 2.24) is 10.2 Å². The zero-order chi connectivity index (χ0) is 18.4. The molecule has 2 saturated heterocycles. The lowest BCUT2D eigenvalue weighted by Gasteiger charge is -2.44. The molecule has 3 aliphatic rings. The number of benzene rings is 1. The van der Waals surface area contributed by atoms with Crippen LogP contribution in [-0.4, -0.2) is 40.6 Å². The van der Waals surface area contributed by atoms with Gasteiger partial charge in [-0.25, -0.2) is 9.18 Å². The quantitative estimate of drug-likeness (QED) is 0.859. The van der Waals surface area contributed by atoms with Crippen LogP contribution in [0, 0.1) is 11.7 Å². The van der Waals surface area contributed by atoms with E-state index in [9.17, 15) is 14.3 Å². The van der Waals surface area contributed by atoms with Crippen LogP contribution in [-0.2, 0) is 6.42 Å². The summed E-state index contributed by atoms with van der Waals surface area (Å²) in [6.45, 7) is 5.32. The second kappa shape index (κ2) is 6.93. The molecule has 4 nitrogen and oxygen atoms in total. The highest BCUT2D eigenvalue weighted by Crippen LogP contribution is 2.39. The van der Waals surface area contributed by atoms with Crippen molar-refractivity contribution in [2.45, 2.75) is 76.5 Å². The van der Waals surface area contributed by atoms with Gasteiger partial charge in [0, 0.05) is 30.7 Å². The fraction of sp³-hybridized carbons (Fsp3) is 0.667. The number of hydrogen-bond acceptors (Lipinski definition) is 3. The first kappa shape index (κ1) is 17.9. The fourth-order valence-corrected chi connectivity index (χ4v) is 5.53. The van der Waals surface area contributed by atoms with Crippen LogP contribution in [0.5, 0.6) is 0 Å². The van der Waals surface area contributed by atoms with Crippen LogP contribution in [0.1, 0.15) is 73.5 Å². The van der Waals surface area contributed by atoms with Crippen LogP contribution >= 0.6 is 0 Å². The average molecular weight is 360 g/mol. The summed E-state index contributed by atoms with van der Waals surface area (Å²) in [5, 5.41) is 13.0. The Morgan fingerprint density at radius 1 is 1.31 bits per heavy atom. The van der Waals surface area contributed by atoms with E-state index in [1.165, 1.54) is 31.7 Å². The summed E-state index contributed by atoms with van der Waals surface area (Å²) in [7, 11) is 0. The minimum atomic E-state index is -1.06. The first-order valence-corrected chi connectivity index (χ1v) is 10.0. The molecule has 3 aliphatic heterocycles. The maximum absolute atomic E-state index is 14.6. The van der Waals surface area contributed by atoms with Crippen LogP contribution in [0.3, 0.4) is 0 Å². The highest BCUT2D eigenvalue weighted by molar-refractivity contribution is 5.88. The minimum absolute atomic E-state index is 0.0582. The maximum atomic E-state index is 14.6. The number of aromatic carboxylic acids is 1. The number of hydrogen-bond donors (Lipinski definition) is 2. The molecule has 142 valence electrons. The van der Waals surface area contributed by atoms with E-state index in [1.54, 1.807) is 6.07 Å². The summed E-state index contributed by atoms with van der Waals surface area (Å²) >= 11 is 0. The highest BCUT2D eigenvalue weighted by Gasteiger charge is 2.38. The van der Waals surface area contributed by atoms with Crippen molar-refractivity contribution in [1.29, 1.82) is 0 Å². The Kier molecular flexibility index (Phi) is 4.78. The van der Waals surface area contributed by atoms with Gasteiger partial charge in [0.1, 0.15) is 5.82 Å². The standard InChI is InChI=1S/C21H29FN2O2/c1-3-17-10-19-18(8-14(21(25)26)9-20(19)22)12(2)24(17)11-13-6-15-4-5-16(7-13)23-15/h8-9,12-13,15-17,23H,3-7,10-11H2,1-2H3,(H,25,26)/t12?,13?,15?,16?,17-/m0/s1. The number of carboxylic acids is 1. The van der Waals surface area contributed by atoms with Gasteiger partial charge in [-0.2, -0.15) is 0 Å². The van der Waals surface area contributed by atoms with Crippen LogP contribution in [0.2, 0.25) is 0 Å². The number of piperidine rings is 1. The molecule has 2 bridgehead atoms. The molecule has 1 aromatic rings. The lowest BCUT2D eigenvalue weighted by Crippen LogP contribution is -2.48. The van der Waals surface area contributed by atoms with E-state index in [4.69, 9.17) is 0 Å². The van der Waals surface area contributed by atoms with Gasteiger partial charge in [0.15, 0.2) is 0 Å². The SMILES string of the molecule is CC[C@H]1Cc2c(F)cc(C(=O)O)cc2C(C)N1CC1CC2CCC(C1)N2. The molecule has 0 spiro atoms. The topological polar surface area (TPSA) is 52.6 Å². The van der Waals surface area contributed by atoms with Crippen LogP contribution < -0.4 is 5.32 Å². The van der Waals surface area contributed by atoms with Crippen molar-refractivity contribution in [3.05, 3.63) is 34.6 Å². The van der Waals surface area contributed by atoms with Crippen molar-refractivity contribution in [3.8, 4) is 0 Å². The second-order valence-electron chi connectivity index (χ2n) is 8.45. The van der Waals surface area contributed by atoms with Crippen molar-refractivity contribution in [3.63, 3.8) is 0 Å². The van der Waals surface area contributed by atoms with E-state index < -0.39 is 5.97 Å². The molecular weight excluding hydrogens is 331 g/mol. The van der Waals surface area contributed by atoms with Gasteiger partial charge in [0.05, 0.1) is 5.56 Å². The van der Waals surface area contributed by atoms with Crippen molar-refractivity contribution >= 4 is 5.97 Å². The summed E-state index contributed by atoms with van der Waals surface area (Å²) in [4.78, 5) is 13.9. The highest BCUT2D eigenvalue weighted by atomic mass is 19.1. The molecule has 2 fully saturated rings. The van der Waals surface area contributed by atoms with Crippen LogP contribution in [0.4, 0.5) is 4.39 Å². The van der Waals surface area contributed by atoms with E-state index in [0.717, 1.165) is 24.1 Å². The monoisotopic (exact) mass is 360 g/mol. The van der Waals surface area contributed by atoms with Gasteiger partial charge in [0.25, 0.3) is 0 Å². The van der Waals surface area contributed by atoms with Gasteiger partial charge in [-0.15, -0.1) is 0 Å². The molecule has 3 heterocycles. The number of rotatable bonds is 4. The maximum Gasteiger partial charge on any atom is 0.335 e. The smallest absolute Gasteiger partial charge is 0.335 e. The molecule has 0 amide bonds. The number of nitrogens with one attached hydrogen (secondary N) is 1. The number of nitrogens with zero attached hydrogens (tertiary/aromatic N) is 1. The lowest BCUT2D eigenvalue weighted by molar-refractivity contribution is 0.0693. The minimum Gasteiger partial charge on any atom is -0.478 e. The summed E-state index contributed by atoms with van der Waals surface area (Å²) in [6, 6.07) is 4.60. The molecule has 2 N–H and O–H groups in total. The number of carbonyl (C=O) groups is 1. The first-order chi connectivity index (χ1) is 12.5. The van der Waals surface area contributed by atoms with Crippen LogP contribution in [0.25, 0.3) is 0 Å². The van der Waals surface area contributed by atoms with Crippen molar-refractivity contribution in [2.24, 2.45) is 5.92 Å². The molecule has 4 rings (SSSR count). The van der Waals surface area contributed by atoms with Crippen LogP contribution in [0.15, 0.2) is 12.1 Å². The normalized spacial score (nSPS) is 33.9. The van der Waals surface area contributed by atoms with E-state index in [2.05, 4.69) is 24.1 Å². The molecule has 5 heteroatoms. The fourth-order valence-electron chi connectivity index (χ4n) is 5.53. The molecule has 1 aromatic carbocycles. The molecule has 0 saturated carbocycles. The Hall–Kier alpha value is -1.46. The van der Waals surface area contributed by atoms with Gasteiger partial charge in [0.2, 0.25) is 0 Å². The lowest BCUT2D eigenvalue weighted by atomic mass is 9.84. The third kappa shape index (κ3) is 3.16. The van der Waals surface area contributed by atoms with E-state index in [0.29, 0.717) is 30.5 Å². The van der Waals surface area contributed by atoms with Gasteiger partial charge in [-0.1, -0.05) is 6.92 Å². The Balaban J connectivity index is 1.60. The largest absolute Gasteiger partial charge is 0.478 e. The molecule has 0 aliphatic carbocycles. The van der Waals surface area contributed by atoms with Gasteiger partial charge >= 0.3 is 5.97 Å². The zero-order valence-electron chi connectivity index (χ0n) is 15.7. The van der Waals surface area contributed by atoms with Crippen molar-refractivity contribution in [2.75, 3.05) is 6.54 Å². The predicted molar refractivity (Wildman–Crippen MR) is 98.9 cm³/mol. The molecule has 26 heavy (non-hydrogen) atoms. The predicted octanol–water partition coefficient (Wildman–Crippen LogP) is 3.75. The second-order valence-corrected chi connectivity index (χ2v) is 8.45. The van der Waals surface area contributed by atoms with Gasteiger partial charge < -0.3 is 10.4 Å². The van der Waals surface area contributed by atoms with E-state index in [-0.39, 0.29) is 17.4 Å². The Bertz CT molecular complexity index is 695. The Labute approximate surface area is 154 Å². The molecule has 3 unspecified atom stereocenters. The van der Waals surface area contributed by atoms with E-state index >= 15 is 0 Å². The summed E-state index contributed by atoms with van der Waals surface area (Å²) < 4.78 is 14.6. The number of halogens is 1. The molecule has 0 aromatic heterocycles. The van der Waals surface area contributed by atoms with E-state index in [1.807, 2.05) is 0 Å². The summed E-state index contributed by atoms with van der Waals surface area (Å²) in [5.74, 6) is -0.734. The average Bonchev–Trinajstić information content (AvgIpc) is 2.95. The van der Waals surface area contributed by atoms with Gasteiger partial charge in [-0.3, -0.25) is 4.90 Å². The van der Waals surface area contributed by atoms with Crippen molar-refractivity contribution < 1.29 is 14.3 Å². The van der Waals surface area contributed by atoms with Gasteiger partial charge in [-0.05, 0) is 74.6 Å². The summed E-state index contributed by atoms with van der Waals surface area (Å²) in [5.41, 5.74) is 1.64. The molecule has 4 atom stereocenters.